The third kappa shape index (κ3) is 24.7. The van der Waals surface area contributed by atoms with Crippen LogP contribution in [-0.2, 0) is 0 Å². The van der Waals surface area contributed by atoms with E-state index >= 15 is 0 Å². The standard InChI is InChI=1S/C14H31N.CBN/c1-4-5-6-7-8-9-10-11-12-13-14-15(2)3;2-1-3/h4-14H2,1-3H3;. The average molecular weight is 250 g/mol. The van der Waals surface area contributed by atoms with Crippen molar-refractivity contribution in [2.45, 2.75) is 71.1 Å². The Kier molecular flexibility index (Phi) is 20.8. The van der Waals surface area contributed by atoms with Gasteiger partial charge in [0.2, 0.25) is 7.85 Å². The highest BCUT2D eigenvalue weighted by molar-refractivity contribution is 6.20. The van der Waals surface area contributed by atoms with E-state index in [1.165, 1.54) is 76.7 Å². The van der Waals surface area contributed by atoms with Crippen molar-refractivity contribution >= 4 is 7.85 Å². The molecule has 0 aromatic heterocycles. The summed E-state index contributed by atoms with van der Waals surface area (Å²) in [7, 11) is 8.47. The molecule has 0 heterocycles. The molecule has 0 aromatic carbocycles. The quantitative estimate of drug-likeness (QED) is 0.407. The van der Waals surface area contributed by atoms with Crippen molar-refractivity contribution < 1.29 is 0 Å². The van der Waals surface area contributed by atoms with Crippen LogP contribution in [0.1, 0.15) is 71.1 Å². The molecule has 3 heteroatoms. The molecule has 0 bridgehead atoms. The Morgan fingerprint density at radius 2 is 1.17 bits per heavy atom. The molecular weight excluding hydrogens is 219 g/mol. The fourth-order valence-electron chi connectivity index (χ4n) is 1.92. The van der Waals surface area contributed by atoms with Crippen LogP contribution >= 0.6 is 0 Å². The second-order valence-electron chi connectivity index (χ2n) is 5.11. The van der Waals surface area contributed by atoms with Gasteiger partial charge in [0, 0.05) is 0 Å². The first-order valence-electron chi connectivity index (χ1n) is 7.43. The highest BCUT2D eigenvalue weighted by Gasteiger charge is 1.93. The van der Waals surface area contributed by atoms with Crippen LogP contribution in [0.4, 0.5) is 0 Å². The van der Waals surface area contributed by atoms with Crippen molar-refractivity contribution in [1.82, 2.24) is 4.90 Å². The van der Waals surface area contributed by atoms with E-state index in [1.807, 2.05) is 0 Å². The fraction of sp³-hybridized carbons (Fsp3) is 0.933. The number of unbranched alkanes of at least 4 members (excludes halogenated alkanes) is 9. The highest BCUT2D eigenvalue weighted by Crippen LogP contribution is 2.10. The van der Waals surface area contributed by atoms with E-state index in [9.17, 15) is 0 Å². The summed E-state index contributed by atoms with van der Waals surface area (Å²) in [5, 5.41) is 7.10. The largest absolute Gasteiger partial charge is 0.309 e. The maximum atomic E-state index is 7.10. The summed E-state index contributed by atoms with van der Waals surface area (Å²) >= 11 is 0. The molecule has 0 saturated heterocycles. The van der Waals surface area contributed by atoms with Crippen LogP contribution in [0.2, 0.25) is 0 Å². The summed E-state index contributed by atoms with van der Waals surface area (Å²) < 4.78 is 0. The van der Waals surface area contributed by atoms with Crippen LogP contribution in [-0.4, -0.2) is 33.4 Å². The molecule has 2 nitrogen and oxygen atoms in total. The minimum atomic E-state index is 1.25. The summed E-state index contributed by atoms with van der Waals surface area (Å²) in [4.78, 5) is 2.28. The molecule has 2 radical (unpaired) electrons. The van der Waals surface area contributed by atoms with E-state index in [4.69, 9.17) is 5.26 Å². The normalized spacial score (nSPS) is 9.72. The molecule has 0 N–H and O–H groups in total. The minimum absolute atomic E-state index is 1.25. The van der Waals surface area contributed by atoms with Gasteiger partial charge in [-0.1, -0.05) is 64.7 Å². The van der Waals surface area contributed by atoms with E-state index < -0.39 is 0 Å². The number of nitrogens with zero attached hydrogens (tertiary/aromatic N) is 2. The SMILES string of the molecule is CCCCCCCCCCCCN(C)C.[B]C#N. The summed E-state index contributed by atoms with van der Waals surface area (Å²) in [6.07, 6.45) is 14.4. The van der Waals surface area contributed by atoms with Gasteiger partial charge in [-0.15, -0.1) is 0 Å². The fourth-order valence-corrected chi connectivity index (χ4v) is 1.92. The molecule has 0 fully saturated rings. The molecule has 0 spiro atoms. The van der Waals surface area contributed by atoms with E-state index in [1.54, 1.807) is 0 Å². The summed E-state index contributed by atoms with van der Waals surface area (Å²) in [6.45, 7) is 3.54. The van der Waals surface area contributed by atoms with Gasteiger partial charge in [0.05, 0.1) is 0 Å². The van der Waals surface area contributed by atoms with Gasteiger partial charge in [0.1, 0.15) is 0 Å². The lowest BCUT2D eigenvalue weighted by molar-refractivity contribution is 0.389. The number of hydrogen-bond acceptors (Lipinski definition) is 2. The molecular formula is C15H31BN2. The second-order valence-corrected chi connectivity index (χ2v) is 5.11. The van der Waals surface area contributed by atoms with Gasteiger partial charge in [-0.2, -0.15) is 0 Å². The number of rotatable bonds is 11. The van der Waals surface area contributed by atoms with Crippen LogP contribution in [0.25, 0.3) is 0 Å². The number of nitriles is 1. The molecule has 0 aliphatic heterocycles. The first kappa shape index (κ1) is 19.8. The van der Waals surface area contributed by atoms with Gasteiger partial charge in [0.25, 0.3) is 0 Å². The summed E-state index contributed by atoms with van der Waals surface area (Å²) in [5.74, 6) is 1.25. The summed E-state index contributed by atoms with van der Waals surface area (Å²) in [5.41, 5.74) is 0. The van der Waals surface area contributed by atoms with Crippen molar-refractivity contribution in [3.63, 3.8) is 0 Å². The Bertz CT molecular complexity index is 176. The third-order valence-corrected chi connectivity index (χ3v) is 2.96. The smallest absolute Gasteiger partial charge is 0.229 e. The molecule has 18 heavy (non-hydrogen) atoms. The zero-order chi connectivity index (χ0) is 14.1. The zero-order valence-corrected chi connectivity index (χ0v) is 12.7. The second kappa shape index (κ2) is 18.9. The average Bonchev–Trinajstić information content (AvgIpc) is 2.32. The predicted molar refractivity (Wildman–Crippen MR) is 81.8 cm³/mol. The van der Waals surface area contributed by atoms with Crippen molar-refractivity contribution in [3.05, 3.63) is 0 Å². The minimum Gasteiger partial charge on any atom is -0.309 e. The van der Waals surface area contributed by atoms with E-state index in [-0.39, 0.29) is 0 Å². The number of hydrogen-bond donors (Lipinski definition) is 0. The van der Waals surface area contributed by atoms with Gasteiger partial charge in [-0.3, -0.25) is 0 Å². The van der Waals surface area contributed by atoms with E-state index in [0.29, 0.717) is 0 Å². The predicted octanol–water partition coefficient (Wildman–Crippen LogP) is 4.10. The monoisotopic (exact) mass is 250 g/mol. The molecule has 0 aromatic rings. The Hall–Kier alpha value is -0.485. The Labute approximate surface area is 116 Å². The van der Waals surface area contributed by atoms with Crippen molar-refractivity contribution in [2.75, 3.05) is 20.6 Å². The topological polar surface area (TPSA) is 27.0 Å². The van der Waals surface area contributed by atoms with Crippen LogP contribution in [0, 0.1) is 11.2 Å². The Morgan fingerprint density at radius 1 is 0.833 bits per heavy atom. The lowest BCUT2D eigenvalue weighted by Crippen LogP contribution is -2.12. The van der Waals surface area contributed by atoms with Crippen LogP contribution in [0.15, 0.2) is 0 Å². The zero-order valence-electron chi connectivity index (χ0n) is 12.7. The molecule has 0 rings (SSSR count). The van der Waals surface area contributed by atoms with Crippen molar-refractivity contribution in [1.29, 1.82) is 5.26 Å². The molecule has 0 aliphatic carbocycles. The first-order valence-corrected chi connectivity index (χ1v) is 7.43. The van der Waals surface area contributed by atoms with E-state index in [2.05, 4.69) is 33.8 Å². The van der Waals surface area contributed by atoms with Crippen molar-refractivity contribution in [3.8, 4) is 5.97 Å². The first-order chi connectivity index (χ1) is 8.68. The Balaban J connectivity index is 0. The maximum absolute atomic E-state index is 7.10. The van der Waals surface area contributed by atoms with Crippen LogP contribution < -0.4 is 0 Å². The van der Waals surface area contributed by atoms with Gasteiger partial charge in [-0.25, -0.2) is 5.26 Å². The Morgan fingerprint density at radius 3 is 1.50 bits per heavy atom. The van der Waals surface area contributed by atoms with Gasteiger partial charge >= 0.3 is 0 Å². The van der Waals surface area contributed by atoms with Gasteiger partial charge < -0.3 is 4.90 Å². The van der Waals surface area contributed by atoms with E-state index in [0.717, 1.165) is 0 Å². The van der Waals surface area contributed by atoms with Gasteiger partial charge in [-0.05, 0) is 33.0 Å². The highest BCUT2D eigenvalue weighted by atomic mass is 15.0. The molecule has 0 unspecified atom stereocenters. The molecule has 0 amide bonds. The third-order valence-electron chi connectivity index (χ3n) is 2.96. The van der Waals surface area contributed by atoms with Crippen molar-refractivity contribution in [2.24, 2.45) is 0 Å². The van der Waals surface area contributed by atoms with Gasteiger partial charge in [0.15, 0.2) is 0 Å². The lowest BCUT2D eigenvalue weighted by atomic mass is 10.1. The molecule has 0 aliphatic rings. The lowest BCUT2D eigenvalue weighted by Gasteiger charge is -2.08. The van der Waals surface area contributed by atoms with Crippen LogP contribution in [0.3, 0.4) is 0 Å². The molecule has 0 saturated carbocycles. The molecule has 0 atom stereocenters. The van der Waals surface area contributed by atoms with Crippen LogP contribution in [0.5, 0.6) is 0 Å². The molecule has 104 valence electrons. The summed E-state index contributed by atoms with van der Waals surface area (Å²) in [6, 6.07) is 0. The maximum Gasteiger partial charge on any atom is 0.229 e.